The van der Waals surface area contributed by atoms with Crippen LogP contribution in [0.3, 0.4) is 0 Å². The molecule has 0 atom stereocenters. The Labute approximate surface area is 564 Å². The van der Waals surface area contributed by atoms with E-state index in [0.29, 0.717) is 11.1 Å². The molecule has 0 fully saturated rings. The summed E-state index contributed by atoms with van der Waals surface area (Å²) in [5.41, 5.74) is 17.5. The summed E-state index contributed by atoms with van der Waals surface area (Å²) in [5, 5.41) is 44.1. The van der Waals surface area contributed by atoms with Gasteiger partial charge in [-0.15, -0.1) is 0 Å². The number of aromatic nitrogens is 2. The number of para-hydroxylation sites is 2. The van der Waals surface area contributed by atoms with Gasteiger partial charge in [-0.05, 0) is 222 Å². The highest BCUT2D eigenvalue weighted by molar-refractivity contribution is 6.27. The SMILES string of the molecule is N#Cc1ccc2c3ccc(-c4cc5c6ccccc6c(-c6ccc7ccccc7c6)cc5c5ccccc45)cc3n(-c3ccccc3)c2c1.N#Cc1ccc2c3ccc(-c4cc5c6ccccc6c(-c6cccc7ccccc67)cc5c5ccccc45)cc3n(-c3ccccc3)c2c1. The summed E-state index contributed by atoms with van der Waals surface area (Å²) in [6.07, 6.45) is 0. The van der Waals surface area contributed by atoms with Crippen molar-refractivity contribution in [1.82, 2.24) is 9.13 Å². The van der Waals surface area contributed by atoms with Crippen LogP contribution in [-0.2, 0) is 0 Å². The van der Waals surface area contributed by atoms with Gasteiger partial charge in [0.2, 0.25) is 0 Å². The Morgan fingerprint density at radius 2 is 0.510 bits per heavy atom. The molecule has 20 aromatic rings. The van der Waals surface area contributed by atoms with Crippen molar-refractivity contribution in [2.45, 2.75) is 0 Å². The third-order valence-corrected chi connectivity index (χ3v) is 20.3. The molecule has 4 nitrogen and oxygen atoms in total. The lowest BCUT2D eigenvalue weighted by atomic mass is 9.86. The molecule has 0 radical (unpaired) electrons. The summed E-state index contributed by atoms with van der Waals surface area (Å²) in [6, 6.07) is 127. The summed E-state index contributed by atoms with van der Waals surface area (Å²) in [4.78, 5) is 0. The summed E-state index contributed by atoms with van der Waals surface area (Å²) in [7, 11) is 0. The Morgan fingerprint density at radius 3 is 0.959 bits per heavy atom. The molecule has 0 unspecified atom stereocenters. The van der Waals surface area contributed by atoms with Gasteiger partial charge in [0.05, 0.1) is 45.3 Å². The summed E-state index contributed by atoms with van der Waals surface area (Å²) < 4.78 is 4.59. The van der Waals surface area contributed by atoms with E-state index in [1.54, 1.807) is 0 Å². The Hall–Kier alpha value is -13.4. The zero-order valence-corrected chi connectivity index (χ0v) is 53.1. The molecular formula is C94H56N4. The molecule has 0 amide bonds. The lowest BCUT2D eigenvalue weighted by Gasteiger charge is -2.17. The first-order valence-electron chi connectivity index (χ1n) is 33.3. The second-order valence-corrected chi connectivity index (χ2v) is 25.7. The smallest absolute Gasteiger partial charge is 0.0992 e. The van der Waals surface area contributed by atoms with Gasteiger partial charge in [0.25, 0.3) is 0 Å². The first kappa shape index (κ1) is 56.2. The lowest BCUT2D eigenvalue weighted by Crippen LogP contribution is -1.94. The maximum atomic E-state index is 9.76. The van der Waals surface area contributed by atoms with Crippen LogP contribution in [0.5, 0.6) is 0 Å². The van der Waals surface area contributed by atoms with Crippen LogP contribution in [0.1, 0.15) is 11.1 Å². The zero-order valence-electron chi connectivity index (χ0n) is 53.1. The van der Waals surface area contributed by atoms with Crippen LogP contribution < -0.4 is 0 Å². The number of nitrogens with zero attached hydrogens (tertiary/aromatic N) is 4. The standard InChI is InChI=1S/2C47H28N2/c48-29-30-18-22-40-41-23-21-34(26-47(41)49(46(40)24-30)35-12-2-1-3-13-35)43-28-45-38-16-8-6-14-36(38)42(27-44(45)39-17-9-7-15-37(39)43)33-20-19-31-10-4-5-11-32(31)25-33;48-29-30-21-23-40-41-24-22-32(26-47(41)49(46(40)25-30)33-13-2-1-3-14-33)42-27-44-39-19-9-8-18-38(39)43(28-45(44)37-17-7-6-16-36(37)42)35-20-10-12-31-11-4-5-15-34(31)35/h2*1-28H. The number of benzene rings is 18. The highest BCUT2D eigenvalue weighted by Crippen LogP contribution is 2.47. The van der Waals surface area contributed by atoms with Gasteiger partial charge in [0.15, 0.2) is 0 Å². The molecule has 0 aliphatic carbocycles. The quantitative estimate of drug-likeness (QED) is 0.156. The molecule has 20 rings (SSSR count). The van der Waals surface area contributed by atoms with Crippen LogP contribution in [0.15, 0.2) is 340 Å². The van der Waals surface area contributed by atoms with Crippen molar-refractivity contribution in [3.8, 4) is 68.0 Å². The van der Waals surface area contributed by atoms with Crippen molar-refractivity contribution in [3.05, 3.63) is 351 Å². The van der Waals surface area contributed by atoms with Crippen molar-refractivity contribution < 1.29 is 0 Å². The predicted molar refractivity (Wildman–Crippen MR) is 413 cm³/mol. The average Bonchev–Trinajstić information content (AvgIpc) is 0.939. The van der Waals surface area contributed by atoms with Crippen LogP contribution in [-0.4, -0.2) is 9.13 Å². The lowest BCUT2D eigenvalue weighted by molar-refractivity contribution is 1.18. The minimum absolute atomic E-state index is 0.656. The van der Waals surface area contributed by atoms with Crippen molar-refractivity contribution in [1.29, 1.82) is 10.5 Å². The Balaban J connectivity index is 0.000000137. The monoisotopic (exact) mass is 1240 g/mol. The van der Waals surface area contributed by atoms with Crippen LogP contribution in [0.2, 0.25) is 0 Å². The van der Waals surface area contributed by atoms with E-state index in [0.717, 1.165) is 55.3 Å². The van der Waals surface area contributed by atoms with E-state index < -0.39 is 0 Å². The first-order valence-corrected chi connectivity index (χ1v) is 33.3. The van der Waals surface area contributed by atoms with Crippen molar-refractivity contribution in [2.75, 3.05) is 0 Å². The van der Waals surface area contributed by atoms with E-state index in [1.165, 1.54) is 130 Å². The van der Waals surface area contributed by atoms with Gasteiger partial charge in [-0.1, -0.05) is 249 Å². The summed E-state index contributed by atoms with van der Waals surface area (Å²) in [6.45, 7) is 0. The number of hydrogen-bond acceptors (Lipinski definition) is 2. The molecule has 0 N–H and O–H groups in total. The number of rotatable bonds is 6. The van der Waals surface area contributed by atoms with E-state index in [-0.39, 0.29) is 0 Å². The van der Waals surface area contributed by atoms with Crippen molar-refractivity contribution in [2.24, 2.45) is 0 Å². The molecule has 452 valence electrons. The van der Waals surface area contributed by atoms with E-state index in [2.05, 4.69) is 325 Å². The number of nitriles is 2. The second kappa shape index (κ2) is 22.7. The van der Waals surface area contributed by atoms with Crippen LogP contribution in [0, 0.1) is 22.7 Å². The van der Waals surface area contributed by atoms with Crippen LogP contribution in [0.25, 0.3) is 186 Å². The molecule has 0 aliphatic rings. The zero-order chi connectivity index (χ0) is 65.0. The van der Waals surface area contributed by atoms with Gasteiger partial charge >= 0.3 is 0 Å². The average molecular weight is 1240 g/mol. The molecule has 0 saturated carbocycles. The van der Waals surface area contributed by atoms with Crippen LogP contribution >= 0.6 is 0 Å². The van der Waals surface area contributed by atoms with Gasteiger partial charge in [0, 0.05) is 32.9 Å². The molecule has 0 saturated heterocycles. The second-order valence-electron chi connectivity index (χ2n) is 25.7. The molecule has 2 aromatic heterocycles. The van der Waals surface area contributed by atoms with Crippen molar-refractivity contribution >= 4 is 130 Å². The van der Waals surface area contributed by atoms with E-state index in [1.807, 2.05) is 36.4 Å². The molecule has 98 heavy (non-hydrogen) atoms. The molecule has 4 heteroatoms. The fraction of sp³-hybridized carbons (Fsp3) is 0. The topological polar surface area (TPSA) is 57.4 Å². The molecule has 18 aromatic carbocycles. The minimum atomic E-state index is 0.656. The van der Waals surface area contributed by atoms with E-state index in [9.17, 15) is 10.5 Å². The Bertz CT molecular complexity index is 6810. The third kappa shape index (κ3) is 8.98. The maximum Gasteiger partial charge on any atom is 0.0992 e. The highest BCUT2D eigenvalue weighted by Gasteiger charge is 2.22. The van der Waals surface area contributed by atoms with Crippen molar-refractivity contribution in [3.63, 3.8) is 0 Å². The summed E-state index contributed by atoms with van der Waals surface area (Å²) in [5.74, 6) is 0. The maximum absolute atomic E-state index is 9.76. The minimum Gasteiger partial charge on any atom is -0.309 e. The Morgan fingerprint density at radius 1 is 0.184 bits per heavy atom. The van der Waals surface area contributed by atoms with E-state index in [4.69, 9.17) is 0 Å². The molecule has 0 spiro atoms. The molecule has 0 aliphatic heterocycles. The molecule has 2 heterocycles. The fourth-order valence-electron chi connectivity index (χ4n) is 15.9. The molecular weight excluding hydrogens is 1190 g/mol. The number of hydrogen-bond donors (Lipinski definition) is 0. The normalized spacial score (nSPS) is 11.7. The predicted octanol–water partition coefficient (Wildman–Crippen LogP) is 25.2. The first-order chi connectivity index (χ1) is 48.5. The summed E-state index contributed by atoms with van der Waals surface area (Å²) >= 11 is 0. The third-order valence-electron chi connectivity index (χ3n) is 20.3. The van der Waals surface area contributed by atoms with Gasteiger partial charge in [-0.25, -0.2) is 0 Å². The van der Waals surface area contributed by atoms with Gasteiger partial charge in [-0.2, -0.15) is 10.5 Å². The van der Waals surface area contributed by atoms with Gasteiger partial charge in [0.1, 0.15) is 0 Å². The van der Waals surface area contributed by atoms with Crippen LogP contribution in [0.4, 0.5) is 0 Å². The number of fused-ring (bicyclic) bond motifs is 18. The Kier molecular flexibility index (Phi) is 13.0. The van der Waals surface area contributed by atoms with Gasteiger partial charge in [-0.3, -0.25) is 0 Å². The fourth-order valence-corrected chi connectivity index (χ4v) is 15.9. The van der Waals surface area contributed by atoms with Gasteiger partial charge < -0.3 is 9.13 Å². The van der Waals surface area contributed by atoms with E-state index >= 15 is 0 Å². The molecule has 0 bridgehead atoms. The highest BCUT2D eigenvalue weighted by atomic mass is 15.0. The largest absolute Gasteiger partial charge is 0.309 e.